The Labute approximate surface area is 154 Å². The number of methoxy groups -OCH3 is 1. The summed E-state index contributed by atoms with van der Waals surface area (Å²) in [5.41, 5.74) is 0.962. The predicted molar refractivity (Wildman–Crippen MR) is 97.2 cm³/mol. The van der Waals surface area contributed by atoms with Crippen LogP contribution < -0.4 is 4.74 Å². The first-order chi connectivity index (χ1) is 12.6. The van der Waals surface area contributed by atoms with Crippen LogP contribution in [0.5, 0.6) is 5.75 Å². The maximum absolute atomic E-state index is 12.5. The molecule has 0 saturated carbocycles. The molecule has 0 atom stereocenters. The zero-order chi connectivity index (χ0) is 18.8. The molecular formula is C19H28N2O5. The van der Waals surface area contributed by atoms with Crippen LogP contribution in [0.3, 0.4) is 0 Å². The summed E-state index contributed by atoms with van der Waals surface area (Å²) in [6.45, 7) is 5.70. The number of benzene rings is 1. The highest BCUT2D eigenvalue weighted by Crippen LogP contribution is 2.14. The Kier molecular flexibility index (Phi) is 8.37. The molecule has 0 aliphatic carbocycles. The SMILES string of the molecule is CCOc1ccc(CC(=O)N2CCN(C(=O)COCCOC)CC2)cc1. The van der Waals surface area contributed by atoms with Crippen LogP contribution in [0.1, 0.15) is 12.5 Å². The molecule has 0 unspecified atom stereocenters. The second-order valence-electron chi connectivity index (χ2n) is 6.06. The molecule has 26 heavy (non-hydrogen) atoms. The Morgan fingerprint density at radius 1 is 0.962 bits per heavy atom. The van der Waals surface area contributed by atoms with E-state index in [1.165, 1.54) is 0 Å². The van der Waals surface area contributed by atoms with Gasteiger partial charge in [-0.05, 0) is 24.6 Å². The summed E-state index contributed by atoms with van der Waals surface area (Å²) in [5, 5.41) is 0. The molecule has 7 nitrogen and oxygen atoms in total. The van der Waals surface area contributed by atoms with Crippen LogP contribution in [-0.4, -0.2) is 81.3 Å². The number of amides is 2. The number of piperazine rings is 1. The van der Waals surface area contributed by atoms with Crippen molar-refractivity contribution in [1.82, 2.24) is 9.80 Å². The first-order valence-corrected chi connectivity index (χ1v) is 8.98. The van der Waals surface area contributed by atoms with Crippen molar-refractivity contribution in [3.05, 3.63) is 29.8 Å². The van der Waals surface area contributed by atoms with E-state index in [0.29, 0.717) is 52.4 Å². The molecular weight excluding hydrogens is 336 g/mol. The van der Waals surface area contributed by atoms with Crippen LogP contribution in [0.4, 0.5) is 0 Å². The highest BCUT2D eigenvalue weighted by Gasteiger charge is 2.24. The number of hydrogen-bond acceptors (Lipinski definition) is 5. The maximum Gasteiger partial charge on any atom is 0.248 e. The van der Waals surface area contributed by atoms with Gasteiger partial charge in [-0.3, -0.25) is 9.59 Å². The largest absolute Gasteiger partial charge is 0.494 e. The van der Waals surface area contributed by atoms with Crippen LogP contribution in [0.25, 0.3) is 0 Å². The number of hydrogen-bond donors (Lipinski definition) is 0. The fraction of sp³-hybridized carbons (Fsp3) is 0.579. The standard InChI is InChI=1S/C19H28N2O5/c1-3-26-17-6-4-16(5-7-17)14-18(22)20-8-10-21(11-9-20)19(23)15-25-13-12-24-2/h4-7H,3,8-15H2,1-2H3. The van der Waals surface area contributed by atoms with Crippen LogP contribution in [-0.2, 0) is 25.5 Å². The number of carbonyl (C=O) groups is 2. The fourth-order valence-corrected chi connectivity index (χ4v) is 2.75. The molecule has 0 spiro atoms. The minimum Gasteiger partial charge on any atom is -0.494 e. The summed E-state index contributed by atoms with van der Waals surface area (Å²) in [6.07, 6.45) is 0.362. The monoisotopic (exact) mass is 364 g/mol. The van der Waals surface area contributed by atoms with E-state index in [1.54, 1.807) is 12.0 Å². The van der Waals surface area contributed by atoms with Crippen molar-refractivity contribution in [3.8, 4) is 5.75 Å². The van der Waals surface area contributed by atoms with E-state index in [-0.39, 0.29) is 18.4 Å². The third-order valence-electron chi connectivity index (χ3n) is 4.23. The van der Waals surface area contributed by atoms with Crippen molar-refractivity contribution in [3.63, 3.8) is 0 Å². The highest BCUT2D eigenvalue weighted by atomic mass is 16.5. The van der Waals surface area contributed by atoms with E-state index >= 15 is 0 Å². The van der Waals surface area contributed by atoms with Crippen molar-refractivity contribution >= 4 is 11.8 Å². The average Bonchev–Trinajstić information content (AvgIpc) is 2.67. The molecule has 0 bridgehead atoms. The smallest absolute Gasteiger partial charge is 0.248 e. The van der Waals surface area contributed by atoms with E-state index < -0.39 is 0 Å². The van der Waals surface area contributed by atoms with Gasteiger partial charge in [0.15, 0.2) is 0 Å². The molecule has 0 N–H and O–H groups in total. The van der Waals surface area contributed by atoms with Gasteiger partial charge in [0.2, 0.25) is 11.8 Å². The molecule has 1 aliphatic heterocycles. The molecule has 0 aromatic heterocycles. The van der Waals surface area contributed by atoms with Crippen LogP contribution in [0.2, 0.25) is 0 Å². The second-order valence-corrected chi connectivity index (χ2v) is 6.06. The Bertz CT molecular complexity index is 568. The lowest BCUT2D eigenvalue weighted by atomic mass is 10.1. The van der Waals surface area contributed by atoms with E-state index in [4.69, 9.17) is 14.2 Å². The number of nitrogens with zero attached hydrogens (tertiary/aromatic N) is 2. The lowest BCUT2D eigenvalue weighted by Gasteiger charge is -2.34. The van der Waals surface area contributed by atoms with Crippen LogP contribution in [0, 0.1) is 0 Å². The zero-order valence-electron chi connectivity index (χ0n) is 15.6. The molecule has 1 heterocycles. The third-order valence-corrected chi connectivity index (χ3v) is 4.23. The highest BCUT2D eigenvalue weighted by molar-refractivity contribution is 5.80. The van der Waals surface area contributed by atoms with Gasteiger partial charge in [-0.2, -0.15) is 0 Å². The van der Waals surface area contributed by atoms with Gasteiger partial charge in [0.25, 0.3) is 0 Å². The van der Waals surface area contributed by atoms with Gasteiger partial charge < -0.3 is 24.0 Å². The van der Waals surface area contributed by atoms with E-state index in [2.05, 4.69) is 0 Å². The van der Waals surface area contributed by atoms with Crippen molar-refractivity contribution in [2.75, 3.05) is 59.7 Å². The molecule has 7 heteroatoms. The quantitative estimate of drug-likeness (QED) is 0.611. The van der Waals surface area contributed by atoms with E-state index in [9.17, 15) is 9.59 Å². The van der Waals surface area contributed by atoms with Crippen molar-refractivity contribution < 1.29 is 23.8 Å². The molecule has 1 aliphatic rings. The molecule has 1 aromatic carbocycles. The number of ether oxygens (including phenoxy) is 3. The van der Waals surface area contributed by atoms with Gasteiger partial charge >= 0.3 is 0 Å². The molecule has 1 saturated heterocycles. The van der Waals surface area contributed by atoms with Gasteiger partial charge in [0, 0.05) is 33.3 Å². The Hall–Kier alpha value is -2.12. The Balaban J connectivity index is 1.72. The Morgan fingerprint density at radius 2 is 1.58 bits per heavy atom. The first-order valence-electron chi connectivity index (χ1n) is 8.98. The molecule has 2 rings (SSSR count). The van der Waals surface area contributed by atoms with Crippen molar-refractivity contribution in [2.45, 2.75) is 13.3 Å². The van der Waals surface area contributed by atoms with Gasteiger partial charge in [0.1, 0.15) is 12.4 Å². The summed E-state index contributed by atoms with van der Waals surface area (Å²) >= 11 is 0. The topological polar surface area (TPSA) is 68.3 Å². The lowest BCUT2D eigenvalue weighted by Crippen LogP contribution is -2.51. The summed E-state index contributed by atoms with van der Waals surface area (Å²) in [6, 6.07) is 7.60. The number of carbonyl (C=O) groups excluding carboxylic acids is 2. The second kappa shape index (κ2) is 10.8. The summed E-state index contributed by atoms with van der Waals surface area (Å²) in [7, 11) is 1.59. The van der Waals surface area contributed by atoms with Crippen LogP contribution in [0.15, 0.2) is 24.3 Å². The van der Waals surface area contributed by atoms with Crippen molar-refractivity contribution in [1.29, 1.82) is 0 Å². The predicted octanol–water partition coefficient (Wildman–Crippen LogP) is 0.962. The molecule has 2 amide bonds. The fourth-order valence-electron chi connectivity index (χ4n) is 2.75. The number of rotatable bonds is 9. The average molecular weight is 364 g/mol. The molecule has 0 radical (unpaired) electrons. The summed E-state index contributed by atoms with van der Waals surface area (Å²) < 4.78 is 15.5. The Morgan fingerprint density at radius 3 is 2.15 bits per heavy atom. The summed E-state index contributed by atoms with van der Waals surface area (Å²) in [5.74, 6) is 0.848. The minimum atomic E-state index is -0.0419. The summed E-state index contributed by atoms with van der Waals surface area (Å²) in [4.78, 5) is 28.1. The molecule has 1 aromatic rings. The normalized spacial score (nSPS) is 14.4. The van der Waals surface area contributed by atoms with Gasteiger partial charge in [0.05, 0.1) is 26.2 Å². The van der Waals surface area contributed by atoms with E-state index in [0.717, 1.165) is 11.3 Å². The van der Waals surface area contributed by atoms with Crippen LogP contribution >= 0.6 is 0 Å². The van der Waals surface area contributed by atoms with Gasteiger partial charge in [-0.15, -0.1) is 0 Å². The maximum atomic E-state index is 12.5. The van der Waals surface area contributed by atoms with E-state index in [1.807, 2.05) is 36.1 Å². The third kappa shape index (κ3) is 6.31. The molecule has 1 fully saturated rings. The zero-order valence-corrected chi connectivity index (χ0v) is 15.6. The lowest BCUT2D eigenvalue weighted by molar-refractivity contribution is -0.142. The van der Waals surface area contributed by atoms with Crippen molar-refractivity contribution in [2.24, 2.45) is 0 Å². The first kappa shape index (κ1) is 20.2. The minimum absolute atomic E-state index is 0.0419. The van der Waals surface area contributed by atoms with Gasteiger partial charge in [-0.1, -0.05) is 12.1 Å². The molecule has 144 valence electrons. The van der Waals surface area contributed by atoms with Gasteiger partial charge in [-0.25, -0.2) is 0 Å².